The molecule has 0 aromatic heterocycles. The molecule has 0 saturated heterocycles. The summed E-state index contributed by atoms with van der Waals surface area (Å²) in [6.07, 6.45) is 88.3. The summed E-state index contributed by atoms with van der Waals surface area (Å²) in [7, 11) is 0. The van der Waals surface area contributed by atoms with Crippen LogP contribution in [0.2, 0.25) is 0 Å². The van der Waals surface area contributed by atoms with Crippen LogP contribution in [0.1, 0.15) is 425 Å². The van der Waals surface area contributed by atoms with E-state index in [0.29, 0.717) is 19.3 Å². The van der Waals surface area contributed by atoms with Crippen LogP contribution in [0.15, 0.2) is 24.3 Å². The molecule has 0 aliphatic rings. The Morgan fingerprint density at radius 3 is 0.610 bits per heavy atom. The van der Waals surface area contributed by atoms with Gasteiger partial charge in [-0.15, -0.1) is 0 Å². The molecule has 0 saturated carbocycles. The first-order chi connectivity index (χ1) is 40.5. The molecule has 0 fully saturated rings. The normalized spacial score (nSPS) is 12.1. The number of allylic oxidation sites excluding steroid dienone is 4. The van der Waals surface area contributed by atoms with Crippen LogP contribution in [0.5, 0.6) is 0 Å². The Labute approximate surface area is 513 Å². The summed E-state index contributed by atoms with van der Waals surface area (Å²) in [6.45, 7) is 6.69. The fourth-order valence-electron chi connectivity index (χ4n) is 11.6. The van der Waals surface area contributed by atoms with Crippen molar-refractivity contribution >= 4 is 17.9 Å². The number of unbranched alkanes of at least 4 members (excludes halogenated alkanes) is 55. The molecule has 0 rings (SSSR count). The van der Waals surface area contributed by atoms with Gasteiger partial charge in [-0.25, -0.2) is 0 Å². The molecule has 0 aromatic carbocycles. The summed E-state index contributed by atoms with van der Waals surface area (Å²) in [4.78, 5) is 38.3. The summed E-state index contributed by atoms with van der Waals surface area (Å²) in [5.41, 5.74) is 0. The monoisotopic (exact) mass is 1150 g/mol. The smallest absolute Gasteiger partial charge is 0.306 e. The largest absolute Gasteiger partial charge is 0.462 e. The fraction of sp³-hybridized carbons (Fsp3) is 0.908. The van der Waals surface area contributed by atoms with E-state index >= 15 is 0 Å². The first kappa shape index (κ1) is 79.9. The van der Waals surface area contributed by atoms with Gasteiger partial charge in [0.15, 0.2) is 6.10 Å². The van der Waals surface area contributed by atoms with E-state index in [4.69, 9.17) is 14.2 Å². The highest BCUT2D eigenvalue weighted by Crippen LogP contribution is 2.19. The zero-order chi connectivity index (χ0) is 59.2. The Kier molecular flexibility index (Phi) is 69.5. The Balaban J connectivity index is 4.01. The molecular weight excluding hydrogens is 1010 g/mol. The zero-order valence-corrected chi connectivity index (χ0v) is 55.8. The average Bonchev–Trinajstić information content (AvgIpc) is 3.47. The van der Waals surface area contributed by atoms with Crippen LogP contribution in [-0.4, -0.2) is 37.2 Å². The molecule has 0 aromatic rings. The van der Waals surface area contributed by atoms with Gasteiger partial charge >= 0.3 is 17.9 Å². The standard InChI is InChI=1S/C76H144O6/c1-4-7-10-13-16-19-21-23-25-27-29-31-33-35-36-37-38-39-40-42-43-45-47-49-51-53-55-57-60-63-66-69-75(78)81-72-73(71-80-74(77)68-65-62-59-18-15-12-9-6-3)82-76(79)70-67-64-61-58-56-54-52-50-48-46-44-41-34-32-30-28-26-24-22-20-17-14-11-8-5-2/h27-30,73H,4-26,31-72H2,1-3H3/b29-27-,30-28-. The zero-order valence-electron chi connectivity index (χ0n) is 55.8. The van der Waals surface area contributed by atoms with Crippen LogP contribution in [0.4, 0.5) is 0 Å². The van der Waals surface area contributed by atoms with Gasteiger partial charge in [0.25, 0.3) is 0 Å². The predicted octanol–water partition coefficient (Wildman–Crippen LogP) is 25.7. The van der Waals surface area contributed by atoms with Crippen LogP contribution in [0.3, 0.4) is 0 Å². The second kappa shape index (κ2) is 71.4. The van der Waals surface area contributed by atoms with E-state index in [0.717, 1.165) is 57.8 Å². The summed E-state index contributed by atoms with van der Waals surface area (Å²) >= 11 is 0. The fourth-order valence-corrected chi connectivity index (χ4v) is 11.6. The minimum absolute atomic E-state index is 0.0647. The van der Waals surface area contributed by atoms with Crippen molar-refractivity contribution in [2.45, 2.75) is 431 Å². The molecule has 1 atom stereocenters. The lowest BCUT2D eigenvalue weighted by Gasteiger charge is -2.18. The lowest BCUT2D eigenvalue weighted by molar-refractivity contribution is -0.167. The van der Waals surface area contributed by atoms with Gasteiger partial charge in [-0.3, -0.25) is 14.4 Å². The lowest BCUT2D eigenvalue weighted by atomic mass is 10.0. The van der Waals surface area contributed by atoms with Crippen LogP contribution < -0.4 is 0 Å². The molecule has 6 heteroatoms. The number of hydrogen-bond donors (Lipinski definition) is 0. The van der Waals surface area contributed by atoms with E-state index in [9.17, 15) is 14.4 Å². The number of ether oxygens (including phenoxy) is 3. The molecule has 0 amide bonds. The van der Waals surface area contributed by atoms with E-state index in [1.165, 1.54) is 327 Å². The van der Waals surface area contributed by atoms with E-state index in [-0.39, 0.29) is 31.1 Å². The molecular formula is C76H144O6. The summed E-state index contributed by atoms with van der Waals surface area (Å²) in [6, 6.07) is 0. The van der Waals surface area contributed by atoms with Crippen molar-refractivity contribution in [1.29, 1.82) is 0 Å². The van der Waals surface area contributed by atoms with Crippen molar-refractivity contribution in [3.8, 4) is 0 Å². The summed E-state index contributed by atoms with van der Waals surface area (Å²) < 4.78 is 16.9. The van der Waals surface area contributed by atoms with E-state index < -0.39 is 6.10 Å². The molecule has 0 spiro atoms. The minimum Gasteiger partial charge on any atom is -0.462 e. The molecule has 0 aliphatic heterocycles. The van der Waals surface area contributed by atoms with Crippen molar-refractivity contribution in [3.63, 3.8) is 0 Å². The van der Waals surface area contributed by atoms with Gasteiger partial charge in [-0.1, -0.05) is 360 Å². The van der Waals surface area contributed by atoms with Crippen LogP contribution in [0.25, 0.3) is 0 Å². The van der Waals surface area contributed by atoms with Crippen LogP contribution >= 0.6 is 0 Å². The Morgan fingerprint density at radius 1 is 0.232 bits per heavy atom. The Hall–Kier alpha value is -2.11. The molecule has 0 bridgehead atoms. The molecule has 0 heterocycles. The predicted molar refractivity (Wildman–Crippen MR) is 358 cm³/mol. The third-order valence-corrected chi connectivity index (χ3v) is 17.2. The van der Waals surface area contributed by atoms with Crippen LogP contribution in [0, 0.1) is 0 Å². The quantitative estimate of drug-likeness (QED) is 0.0261. The maximum Gasteiger partial charge on any atom is 0.306 e. The number of carbonyl (C=O) groups is 3. The molecule has 484 valence electrons. The van der Waals surface area contributed by atoms with Gasteiger partial charge in [0.2, 0.25) is 0 Å². The van der Waals surface area contributed by atoms with Crippen LogP contribution in [-0.2, 0) is 28.6 Å². The number of hydrogen-bond acceptors (Lipinski definition) is 6. The maximum atomic E-state index is 12.9. The maximum absolute atomic E-state index is 12.9. The van der Waals surface area contributed by atoms with Crippen molar-refractivity contribution in [1.82, 2.24) is 0 Å². The third kappa shape index (κ3) is 68.7. The van der Waals surface area contributed by atoms with Gasteiger partial charge in [0.05, 0.1) is 0 Å². The molecule has 0 aliphatic carbocycles. The first-order valence-electron chi connectivity index (χ1n) is 37.3. The van der Waals surface area contributed by atoms with Crippen molar-refractivity contribution in [2.24, 2.45) is 0 Å². The number of carbonyl (C=O) groups excluding carboxylic acids is 3. The highest BCUT2D eigenvalue weighted by molar-refractivity contribution is 5.71. The number of esters is 3. The SMILES string of the molecule is CCCCCCCCCC/C=C\CCCCCCCCCCCCCCCCCCCCCC(=O)OCC(COC(=O)CCCCCCCCCC)OC(=O)CCCCCCCCCCCCCCC/C=C\CCCCCCCCCC. The van der Waals surface area contributed by atoms with E-state index in [2.05, 4.69) is 45.1 Å². The van der Waals surface area contributed by atoms with Crippen molar-refractivity contribution in [2.75, 3.05) is 13.2 Å². The van der Waals surface area contributed by atoms with Gasteiger partial charge < -0.3 is 14.2 Å². The third-order valence-electron chi connectivity index (χ3n) is 17.2. The topological polar surface area (TPSA) is 78.9 Å². The highest BCUT2D eigenvalue weighted by atomic mass is 16.6. The highest BCUT2D eigenvalue weighted by Gasteiger charge is 2.20. The molecule has 82 heavy (non-hydrogen) atoms. The minimum atomic E-state index is -0.767. The summed E-state index contributed by atoms with van der Waals surface area (Å²) in [5, 5.41) is 0. The Bertz CT molecular complexity index is 1320. The van der Waals surface area contributed by atoms with Crippen molar-refractivity contribution in [3.05, 3.63) is 24.3 Å². The summed E-state index contributed by atoms with van der Waals surface area (Å²) in [5.74, 6) is -0.838. The van der Waals surface area contributed by atoms with Gasteiger partial charge in [0.1, 0.15) is 13.2 Å². The van der Waals surface area contributed by atoms with Gasteiger partial charge in [-0.2, -0.15) is 0 Å². The van der Waals surface area contributed by atoms with Gasteiger partial charge in [0, 0.05) is 19.3 Å². The second-order valence-corrected chi connectivity index (χ2v) is 25.6. The number of rotatable bonds is 70. The first-order valence-corrected chi connectivity index (χ1v) is 37.3. The lowest BCUT2D eigenvalue weighted by Crippen LogP contribution is -2.30. The molecule has 1 unspecified atom stereocenters. The van der Waals surface area contributed by atoms with Gasteiger partial charge in [-0.05, 0) is 70.6 Å². The molecule has 0 N–H and O–H groups in total. The van der Waals surface area contributed by atoms with E-state index in [1.54, 1.807) is 0 Å². The Morgan fingerprint density at radius 2 is 0.402 bits per heavy atom. The molecule has 6 nitrogen and oxygen atoms in total. The van der Waals surface area contributed by atoms with E-state index in [1.807, 2.05) is 0 Å². The molecule has 0 radical (unpaired) electrons. The second-order valence-electron chi connectivity index (χ2n) is 25.6. The average molecular weight is 1150 g/mol. The van der Waals surface area contributed by atoms with Crippen molar-refractivity contribution < 1.29 is 28.6 Å².